The van der Waals surface area contributed by atoms with E-state index in [1.165, 1.54) is 18.1 Å². The Bertz CT molecular complexity index is 1760. The SMILES string of the molecule is COc1ccc(-c2cccc(C(=O)N(C)C)c2)cc1S(=O)(=O)Nc1cccc(NCCNC(=O)c2ccccc2N(C)C)c1. The number of rotatable bonds is 12. The number of nitrogens with zero attached hydrogens (tertiary/aromatic N) is 2. The Morgan fingerprint density at radius 3 is 2.20 bits per heavy atom. The van der Waals surface area contributed by atoms with Crippen molar-refractivity contribution in [2.75, 3.05) is 63.3 Å². The molecule has 4 rings (SSSR count). The third kappa shape index (κ3) is 7.67. The number of carbonyl (C=O) groups excluding carboxylic acids is 2. The van der Waals surface area contributed by atoms with E-state index in [1.807, 2.05) is 49.3 Å². The van der Waals surface area contributed by atoms with Gasteiger partial charge in [0.15, 0.2) is 0 Å². The minimum Gasteiger partial charge on any atom is -0.495 e. The Kier molecular flexibility index (Phi) is 10.1. The van der Waals surface area contributed by atoms with E-state index in [0.29, 0.717) is 46.7 Å². The molecule has 4 aromatic rings. The number of hydrogen-bond donors (Lipinski definition) is 3. The number of hydrogen-bond acceptors (Lipinski definition) is 7. The van der Waals surface area contributed by atoms with Crippen LogP contribution in [-0.4, -0.2) is 73.5 Å². The van der Waals surface area contributed by atoms with Gasteiger partial charge in [-0.05, 0) is 65.7 Å². The summed E-state index contributed by atoms with van der Waals surface area (Å²) in [6, 6.07) is 26.1. The second kappa shape index (κ2) is 14.0. The molecule has 0 aliphatic carbocycles. The molecule has 11 heteroatoms. The quantitative estimate of drug-likeness (QED) is 0.196. The fourth-order valence-corrected chi connectivity index (χ4v) is 5.84. The first-order valence-corrected chi connectivity index (χ1v) is 15.4. The van der Waals surface area contributed by atoms with Crippen LogP contribution in [0.25, 0.3) is 11.1 Å². The summed E-state index contributed by atoms with van der Waals surface area (Å²) in [6.45, 7) is 0.791. The minimum atomic E-state index is -4.06. The van der Waals surface area contributed by atoms with Crippen LogP contribution < -0.4 is 25.0 Å². The molecule has 0 saturated carbocycles. The molecule has 0 atom stereocenters. The summed E-state index contributed by atoms with van der Waals surface area (Å²) >= 11 is 0. The molecule has 230 valence electrons. The van der Waals surface area contributed by atoms with E-state index in [9.17, 15) is 18.0 Å². The number of methoxy groups -OCH3 is 1. The molecule has 0 radical (unpaired) electrons. The Morgan fingerprint density at radius 2 is 1.48 bits per heavy atom. The Hall–Kier alpha value is -5.03. The molecule has 2 amide bonds. The minimum absolute atomic E-state index is 0.0408. The zero-order valence-corrected chi connectivity index (χ0v) is 26.2. The van der Waals surface area contributed by atoms with Crippen LogP contribution in [0.2, 0.25) is 0 Å². The third-order valence-electron chi connectivity index (χ3n) is 6.79. The molecule has 0 unspecified atom stereocenters. The highest BCUT2D eigenvalue weighted by Crippen LogP contribution is 2.32. The van der Waals surface area contributed by atoms with E-state index in [4.69, 9.17) is 4.74 Å². The van der Waals surface area contributed by atoms with Gasteiger partial charge in [0.1, 0.15) is 10.6 Å². The van der Waals surface area contributed by atoms with Gasteiger partial charge in [0, 0.05) is 58.2 Å². The molecule has 3 N–H and O–H groups in total. The number of benzene rings is 4. The van der Waals surface area contributed by atoms with Crippen LogP contribution in [0.3, 0.4) is 0 Å². The number of nitrogens with one attached hydrogen (secondary N) is 3. The number of sulfonamides is 1. The van der Waals surface area contributed by atoms with Crippen molar-refractivity contribution in [1.29, 1.82) is 0 Å². The van der Waals surface area contributed by atoms with Crippen molar-refractivity contribution in [1.82, 2.24) is 10.2 Å². The fourth-order valence-electron chi connectivity index (χ4n) is 4.59. The number of carbonyl (C=O) groups is 2. The largest absolute Gasteiger partial charge is 0.495 e. The van der Waals surface area contributed by atoms with Crippen LogP contribution in [0.1, 0.15) is 20.7 Å². The molecular weight excluding hydrogens is 578 g/mol. The summed E-state index contributed by atoms with van der Waals surface area (Å²) in [7, 11) is 4.47. The van der Waals surface area contributed by atoms with Gasteiger partial charge in [-0.25, -0.2) is 8.42 Å². The maximum atomic E-state index is 13.6. The number of ether oxygens (including phenoxy) is 1. The molecule has 0 fully saturated rings. The smallest absolute Gasteiger partial charge is 0.265 e. The monoisotopic (exact) mass is 615 g/mol. The van der Waals surface area contributed by atoms with Gasteiger partial charge in [-0.3, -0.25) is 14.3 Å². The third-order valence-corrected chi connectivity index (χ3v) is 8.19. The zero-order chi connectivity index (χ0) is 31.9. The lowest BCUT2D eigenvalue weighted by atomic mass is 10.0. The summed E-state index contributed by atoms with van der Waals surface area (Å²) in [5.74, 6) is -0.146. The lowest BCUT2D eigenvalue weighted by molar-refractivity contribution is 0.0827. The first-order chi connectivity index (χ1) is 21.0. The molecule has 0 saturated heterocycles. The van der Waals surface area contributed by atoms with Crippen LogP contribution in [0.15, 0.2) is 95.9 Å². The van der Waals surface area contributed by atoms with E-state index in [1.54, 1.807) is 68.7 Å². The molecule has 0 aromatic heterocycles. The number of anilines is 3. The van der Waals surface area contributed by atoms with Crippen LogP contribution >= 0.6 is 0 Å². The molecule has 44 heavy (non-hydrogen) atoms. The standard InChI is InChI=1S/C33H37N5O5S/c1-37(2)29-15-7-6-14-28(29)32(39)35-19-18-34-26-12-9-13-27(22-26)36-44(41,42)31-21-24(16-17-30(31)43-5)23-10-8-11-25(20-23)33(40)38(3)4/h6-17,20-22,34,36H,18-19H2,1-5H3,(H,35,39). The van der Waals surface area contributed by atoms with Gasteiger partial charge in [-0.2, -0.15) is 0 Å². The average molecular weight is 616 g/mol. The van der Waals surface area contributed by atoms with E-state index in [-0.39, 0.29) is 22.5 Å². The predicted octanol–water partition coefficient (Wildman–Crippen LogP) is 4.77. The molecule has 0 aliphatic rings. The van der Waals surface area contributed by atoms with Crippen molar-refractivity contribution in [2.45, 2.75) is 4.90 Å². The fraction of sp³-hybridized carbons (Fsp3) is 0.212. The van der Waals surface area contributed by atoms with Crippen molar-refractivity contribution >= 4 is 38.9 Å². The van der Waals surface area contributed by atoms with Gasteiger partial charge in [0.05, 0.1) is 18.4 Å². The first kappa shape index (κ1) is 31.9. The van der Waals surface area contributed by atoms with E-state index in [0.717, 1.165) is 5.69 Å². The van der Waals surface area contributed by atoms with Gasteiger partial charge >= 0.3 is 0 Å². The van der Waals surface area contributed by atoms with Crippen LogP contribution in [-0.2, 0) is 10.0 Å². The van der Waals surface area contributed by atoms with Crippen molar-refractivity contribution in [3.8, 4) is 16.9 Å². The lowest BCUT2D eigenvalue weighted by Gasteiger charge is -2.17. The molecular formula is C33H37N5O5S. The van der Waals surface area contributed by atoms with Gasteiger partial charge in [-0.15, -0.1) is 0 Å². The summed E-state index contributed by atoms with van der Waals surface area (Å²) < 4.78 is 35.1. The molecule has 0 spiro atoms. The topological polar surface area (TPSA) is 120 Å². The van der Waals surface area contributed by atoms with E-state index in [2.05, 4.69) is 15.4 Å². The average Bonchev–Trinajstić information content (AvgIpc) is 3.02. The summed E-state index contributed by atoms with van der Waals surface area (Å²) in [5, 5.41) is 6.13. The number of amides is 2. The summed E-state index contributed by atoms with van der Waals surface area (Å²) in [5.41, 5.74) is 4.25. The van der Waals surface area contributed by atoms with Crippen molar-refractivity contribution in [3.63, 3.8) is 0 Å². The normalized spacial score (nSPS) is 10.9. The van der Waals surface area contributed by atoms with Crippen LogP contribution in [0, 0.1) is 0 Å². The lowest BCUT2D eigenvalue weighted by Crippen LogP contribution is -2.30. The molecule has 4 aromatic carbocycles. The zero-order valence-electron chi connectivity index (χ0n) is 25.4. The maximum absolute atomic E-state index is 13.6. The Labute approximate surface area is 258 Å². The first-order valence-electron chi connectivity index (χ1n) is 13.9. The maximum Gasteiger partial charge on any atom is 0.265 e. The second-order valence-electron chi connectivity index (χ2n) is 10.4. The van der Waals surface area contributed by atoms with Crippen LogP contribution in [0.4, 0.5) is 17.1 Å². The van der Waals surface area contributed by atoms with Crippen molar-refractivity contribution in [3.05, 3.63) is 102 Å². The molecule has 0 bridgehead atoms. The Balaban J connectivity index is 1.45. The highest BCUT2D eigenvalue weighted by molar-refractivity contribution is 7.92. The van der Waals surface area contributed by atoms with Gasteiger partial charge < -0.3 is 25.2 Å². The van der Waals surface area contributed by atoms with Gasteiger partial charge in [0.25, 0.3) is 21.8 Å². The van der Waals surface area contributed by atoms with Crippen LogP contribution in [0.5, 0.6) is 5.75 Å². The molecule has 10 nitrogen and oxygen atoms in total. The van der Waals surface area contributed by atoms with Gasteiger partial charge in [-0.1, -0.05) is 36.4 Å². The number of para-hydroxylation sites is 1. The highest BCUT2D eigenvalue weighted by atomic mass is 32.2. The predicted molar refractivity (Wildman–Crippen MR) is 175 cm³/mol. The molecule has 0 heterocycles. The van der Waals surface area contributed by atoms with E-state index >= 15 is 0 Å². The van der Waals surface area contributed by atoms with Crippen molar-refractivity contribution < 1.29 is 22.7 Å². The summed E-state index contributed by atoms with van der Waals surface area (Å²) in [6.07, 6.45) is 0. The highest BCUT2D eigenvalue weighted by Gasteiger charge is 2.21. The Morgan fingerprint density at radius 1 is 0.773 bits per heavy atom. The van der Waals surface area contributed by atoms with Crippen molar-refractivity contribution in [2.24, 2.45) is 0 Å². The van der Waals surface area contributed by atoms with Gasteiger partial charge in [0.2, 0.25) is 0 Å². The van der Waals surface area contributed by atoms with E-state index < -0.39 is 10.0 Å². The molecule has 0 aliphatic heterocycles. The second-order valence-corrected chi connectivity index (χ2v) is 12.1. The summed E-state index contributed by atoms with van der Waals surface area (Å²) in [4.78, 5) is 28.5.